The Balaban J connectivity index is 2.34. The molecule has 1 aromatic heterocycles. The van der Waals surface area contributed by atoms with E-state index in [-0.39, 0.29) is 23.2 Å². The van der Waals surface area contributed by atoms with Crippen molar-refractivity contribution in [2.24, 2.45) is 0 Å². The molecule has 0 unspecified atom stereocenters. The minimum absolute atomic E-state index is 0.00787. The van der Waals surface area contributed by atoms with Crippen LogP contribution < -0.4 is 19.9 Å². The van der Waals surface area contributed by atoms with Crippen LogP contribution in [0.2, 0.25) is 0 Å². The molecule has 0 spiro atoms. The predicted molar refractivity (Wildman–Crippen MR) is 67.7 cm³/mol. The maximum Gasteiger partial charge on any atom is 0.328 e. The van der Waals surface area contributed by atoms with Gasteiger partial charge in [-0.3, -0.25) is 0 Å². The van der Waals surface area contributed by atoms with E-state index in [0.29, 0.717) is 11.8 Å². The average molecular weight is 263 g/mol. The first-order chi connectivity index (χ1) is 9.13. The third-order valence-electron chi connectivity index (χ3n) is 2.32. The van der Waals surface area contributed by atoms with E-state index in [0.717, 1.165) is 0 Å². The van der Waals surface area contributed by atoms with Crippen molar-refractivity contribution in [3.63, 3.8) is 0 Å². The van der Waals surface area contributed by atoms with Crippen molar-refractivity contribution >= 4 is 5.69 Å². The minimum Gasteiger partial charge on any atom is -0.506 e. The zero-order chi connectivity index (χ0) is 13.8. The number of phenolic OH excluding ortho intramolecular Hbond substituents is 1. The second-order valence-electron chi connectivity index (χ2n) is 3.53. The van der Waals surface area contributed by atoms with E-state index in [2.05, 4.69) is 9.97 Å². The number of para-hydroxylation sites is 1. The third kappa shape index (κ3) is 2.76. The van der Waals surface area contributed by atoms with Crippen molar-refractivity contribution in [3.8, 4) is 29.3 Å². The lowest BCUT2D eigenvalue weighted by Crippen LogP contribution is -1.99. The first kappa shape index (κ1) is 12.7. The lowest BCUT2D eigenvalue weighted by Gasteiger charge is -2.09. The molecule has 0 aliphatic heterocycles. The van der Waals surface area contributed by atoms with Crippen LogP contribution in [-0.2, 0) is 0 Å². The molecular formula is C12H13N3O4. The molecule has 1 aromatic carbocycles. The number of hydrogen-bond acceptors (Lipinski definition) is 7. The molecule has 0 bridgehead atoms. The third-order valence-corrected chi connectivity index (χ3v) is 2.32. The fourth-order valence-corrected chi connectivity index (χ4v) is 1.36. The highest BCUT2D eigenvalue weighted by Crippen LogP contribution is 2.33. The average Bonchev–Trinajstić information content (AvgIpc) is 2.43. The lowest BCUT2D eigenvalue weighted by molar-refractivity contribution is 0.348. The van der Waals surface area contributed by atoms with Gasteiger partial charge >= 0.3 is 6.01 Å². The normalized spacial score (nSPS) is 10.0. The topological polar surface area (TPSA) is 99.7 Å². The number of nitrogens with two attached hydrogens (primary N) is 1. The first-order valence-electron chi connectivity index (χ1n) is 5.36. The minimum atomic E-state index is -0.0765. The molecule has 1 heterocycles. The Bertz CT molecular complexity index is 567. The largest absolute Gasteiger partial charge is 0.506 e. The Labute approximate surface area is 109 Å². The second-order valence-corrected chi connectivity index (χ2v) is 3.53. The van der Waals surface area contributed by atoms with Crippen molar-refractivity contribution in [2.75, 3.05) is 20.0 Å². The fraction of sp³-hybridized carbons (Fsp3) is 0.167. The van der Waals surface area contributed by atoms with Crippen LogP contribution >= 0.6 is 0 Å². The van der Waals surface area contributed by atoms with Crippen LogP contribution in [-0.4, -0.2) is 29.3 Å². The van der Waals surface area contributed by atoms with Crippen molar-refractivity contribution in [1.82, 2.24) is 9.97 Å². The van der Waals surface area contributed by atoms with Gasteiger partial charge in [-0.15, -0.1) is 0 Å². The van der Waals surface area contributed by atoms with Crippen LogP contribution in [0.1, 0.15) is 0 Å². The molecule has 0 radical (unpaired) electrons. The van der Waals surface area contributed by atoms with Gasteiger partial charge in [0.15, 0.2) is 5.75 Å². The van der Waals surface area contributed by atoms with Gasteiger partial charge in [0.1, 0.15) is 11.4 Å². The van der Waals surface area contributed by atoms with Crippen LogP contribution in [0.25, 0.3) is 0 Å². The summed E-state index contributed by atoms with van der Waals surface area (Å²) < 4.78 is 15.4. The van der Waals surface area contributed by atoms with Crippen LogP contribution in [0.4, 0.5) is 5.69 Å². The number of benzene rings is 1. The SMILES string of the molecule is COc1cc(OC)nc(Oc2cccc(O)c2N)n1. The molecule has 0 aliphatic carbocycles. The van der Waals surface area contributed by atoms with Crippen LogP contribution in [0, 0.1) is 0 Å². The summed E-state index contributed by atoms with van der Waals surface area (Å²) in [5.41, 5.74) is 5.78. The van der Waals surface area contributed by atoms with Crippen molar-refractivity contribution in [1.29, 1.82) is 0 Å². The summed E-state index contributed by atoms with van der Waals surface area (Å²) in [7, 11) is 2.93. The Morgan fingerprint density at radius 2 is 1.74 bits per heavy atom. The van der Waals surface area contributed by atoms with Gasteiger partial charge in [-0.25, -0.2) is 0 Å². The highest BCUT2D eigenvalue weighted by molar-refractivity contribution is 5.62. The van der Waals surface area contributed by atoms with E-state index < -0.39 is 0 Å². The van der Waals surface area contributed by atoms with Gasteiger partial charge in [0.05, 0.1) is 20.3 Å². The number of nitrogens with zero attached hydrogens (tertiary/aromatic N) is 2. The Kier molecular flexibility index (Phi) is 3.56. The number of ether oxygens (including phenoxy) is 3. The van der Waals surface area contributed by atoms with Crippen molar-refractivity contribution < 1.29 is 19.3 Å². The lowest BCUT2D eigenvalue weighted by atomic mass is 10.3. The summed E-state index contributed by atoms with van der Waals surface area (Å²) in [6, 6.07) is 6.16. The van der Waals surface area contributed by atoms with E-state index in [1.54, 1.807) is 12.1 Å². The van der Waals surface area contributed by atoms with Gasteiger partial charge in [-0.1, -0.05) is 6.07 Å². The number of aromatic nitrogens is 2. The molecule has 2 aromatic rings. The standard InChI is InChI=1S/C12H13N3O4/c1-17-9-6-10(18-2)15-12(14-9)19-8-5-3-4-7(16)11(8)13/h3-6,16H,13H2,1-2H3. The smallest absolute Gasteiger partial charge is 0.328 e. The molecule has 0 saturated heterocycles. The summed E-state index contributed by atoms with van der Waals surface area (Å²) >= 11 is 0. The van der Waals surface area contributed by atoms with Gasteiger partial charge in [0.25, 0.3) is 0 Å². The quantitative estimate of drug-likeness (QED) is 0.638. The zero-order valence-electron chi connectivity index (χ0n) is 10.5. The van der Waals surface area contributed by atoms with E-state index in [9.17, 15) is 5.11 Å². The van der Waals surface area contributed by atoms with E-state index in [1.165, 1.54) is 26.4 Å². The Hall–Kier alpha value is -2.70. The van der Waals surface area contributed by atoms with Crippen molar-refractivity contribution in [3.05, 3.63) is 24.3 Å². The van der Waals surface area contributed by atoms with Gasteiger partial charge < -0.3 is 25.1 Å². The summed E-state index contributed by atoms with van der Waals surface area (Å²) in [6.07, 6.45) is 0. The number of methoxy groups -OCH3 is 2. The van der Waals surface area contributed by atoms with E-state index >= 15 is 0 Å². The number of phenols is 1. The summed E-state index contributed by atoms with van der Waals surface area (Å²) in [5.74, 6) is 0.754. The molecule has 0 aliphatic rings. The van der Waals surface area contributed by atoms with Gasteiger partial charge in [-0.05, 0) is 12.1 Å². The second kappa shape index (κ2) is 5.30. The molecule has 0 fully saturated rings. The molecule has 100 valence electrons. The molecular weight excluding hydrogens is 250 g/mol. The molecule has 7 heteroatoms. The summed E-state index contributed by atoms with van der Waals surface area (Å²) in [5, 5.41) is 9.48. The molecule has 0 saturated carbocycles. The molecule has 0 amide bonds. The summed E-state index contributed by atoms with van der Waals surface area (Å²) in [6.45, 7) is 0. The van der Waals surface area contributed by atoms with Crippen LogP contribution in [0.15, 0.2) is 24.3 Å². The zero-order valence-corrected chi connectivity index (χ0v) is 10.5. The molecule has 3 N–H and O–H groups in total. The summed E-state index contributed by atoms with van der Waals surface area (Å²) in [4.78, 5) is 7.99. The molecule has 2 rings (SSSR count). The van der Waals surface area contributed by atoms with Crippen LogP contribution in [0.3, 0.4) is 0 Å². The van der Waals surface area contributed by atoms with Gasteiger partial charge in [0, 0.05) is 0 Å². The first-order valence-corrected chi connectivity index (χ1v) is 5.36. The van der Waals surface area contributed by atoms with Crippen LogP contribution in [0.5, 0.6) is 29.3 Å². The van der Waals surface area contributed by atoms with Gasteiger partial charge in [0.2, 0.25) is 11.8 Å². The van der Waals surface area contributed by atoms with Crippen molar-refractivity contribution in [2.45, 2.75) is 0 Å². The van der Waals surface area contributed by atoms with E-state index in [1.807, 2.05) is 0 Å². The fourth-order valence-electron chi connectivity index (χ4n) is 1.36. The highest BCUT2D eigenvalue weighted by Gasteiger charge is 2.11. The number of nitrogen functional groups attached to an aromatic ring is 1. The predicted octanol–water partition coefficient (Wildman–Crippen LogP) is 1.57. The molecule has 19 heavy (non-hydrogen) atoms. The Morgan fingerprint density at radius 1 is 1.11 bits per heavy atom. The maximum atomic E-state index is 9.48. The Morgan fingerprint density at radius 3 is 2.32 bits per heavy atom. The maximum absolute atomic E-state index is 9.48. The monoisotopic (exact) mass is 263 g/mol. The number of aromatic hydroxyl groups is 1. The highest BCUT2D eigenvalue weighted by atomic mass is 16.5. The number of anilines is 1. The number of rotatable bonds is 4. The molecule has 0 atom stereocenters. The van der Waals surface area contributed by atoms with E-state index in [4.69, 9.17) is 19.9 Å². The molecule has 7 nitrogen and oxygen atoms in total. The number of hydrogen-bond donors (Lipinski definition) is 2. The van der Waals surface area contributed by atoms with Gasteiger partial charge in [-0.2, -0.15) is 9.97 Å².